The van der Waals surface area contributed by atoms with Crippen LogP contribution >= 0.6 is 22.6 Å². The summed E-state index contributed by atoms with van der Waals surface area (Å²) in [6.07, 6.45) is 5.80. The van der Waals surface area contributed by atoms with Crippen LogP contribution < -0.4 is 0 Å². The van der Waals surface area contributed by atoms with Gasteiger partial charge in [-0.1, -0.05) is 59.7 Å². The second kappa shape index (κ2) is 3.74. The molecule has 0 aromatic heterocycles. The summed E-state index contributed by atoms with van der Waals surface area (Å²) < 4.78 is 0.731. The van der Waals surface area contributed by atoms with Crippen LogP contribution in [-0.2, 0) is 0 Å². The molecule has 1 unspecified atom stereocenters. The first-order chi connectivity index (χ1) is 5.11. The summed E-state index contributed by atoms with van der Waals surface area (Å²) >= 11 is 2.52. The van der Waals surface area contributed by atoms with E-state index in [0.717, 1.165) is 9.84 Å². The first kappa shape index (κ1) is 9.30. The van der Waals surface area contributed by atoms with Gasteiger partial charge >= 0.3 is 0 Å². The van der Waals surface area contributed by atoms with Gasteiger partial charge in [-0.2, -0.15) is 0 Å². The Hall–Kier alpha value is 0.210. The maximum Gasteiger partial charge on any atom is 0.0356 e. The fraction of sp³-hybridized carbons (Fsp3) is 0.600. The van der Waals surface area contributed by atoms with Crippen LogP contribution in [0.15, 0.2) is 23.3 Å². The predicted molar refractivity (Wildman–Crippen MR) is 59.1 cm³/mol. The Balaban J connectivity index is 2.73. The molecule has 0 fully saturated rings. The normalized spacial score (nSPS) is 25.0. The molecule has 11 heavy (non-hydrogen) atoms. The van der Waals surface area contributed by atoms with Crippen molar-refractivity contribution in [3.05, 3.63) is 23.3 Å². The van der Waals surface area contributed by atoms with Crippen LogP contribution in [0, 0.1) is 5.92 Å². The number of rotatable bonds is 1. The zero-order chi connectivity index (χ0) is 8.43. The quantitative estimate of drug-likeness (QED) is 0.499. The Bertz CT molecular complexity index is 199. The molecule has 1 heteroatoms. The highest BCUT2D eigenvalue weighted by Gasteiger charge is 2.14. The number of hydrogen-bond donors (Lipinski definition) is 0. The summed E-state index contributed by atoms with van der Waals surface area (Å²) in [5, 5.41) is 0. The highest BCUT2D eigenvalue weighted by molar-refractivity contribution is 14.1. The summed E-state index contributed by atoms with van der Waals surface area (Å²) in [4.78, 5) is 0. The van der Waals surface area contributed by atoms with Crippen LogP contribution in [0.2, 0.25) is 0 Å². The van der Waals surface area contributed by atoms with Gasteiger partial charge in [-0.25, -0.2) is 0 Å². The van der Waals surface area contributed by atoms with Gasteiger partial charge in [-0.15, -0.1) is 0 Å². The minimum atomic E-state index is 0.719. The third-order valence-electron chi connectivity index (χ3n) is 2.21. The van der Waals surface area contributed by atoms with Crippen LogP contribution in [0.4, 0.5) is 0 Å². The Labute approximate surface area is 82.9 Å². The van der Waals surface area contributed by atoms with Crippen molar-refractivity contribution < 1.29 is 0 Å². The lowest BCUT2D eigenvalue weighted by atomic mass is 9.92. The van der Waals surface area contributed by atoms with E-state index in [9.17, 15) is 0 Å². The fourth-order valence-electron chi connectivity index (χ4n) is 1.21. The molecule has 62 valence electrons. The third kappa shape index (κ3) is 2.32. The molecule has 0 spiro atoms. The van der Waals surface area contributed by atoms with Gasteiger partial charge in [0.15, 0.2) is 0 Å². The average Bonchev–Trinajstić information content (AvgIpc) is 1.94. The minimum Gasteiger partial charge on any atom is -0.0774 e. The summed E-state index contributed by atoms with van der Waals surface area (Å²) in [5.41, 5.74) is 3.10. The topological polar surface area (TPSA) is 0 Å². The molecule has 0 bridgehead atoms. The van der Waals surface area contributed by atoms with E-state index >= 15 is 0 Å². The standard InChI is InChI=1S/C10H15I/c1-7(2)9-5-4-8(3)10(11)6-9/h4-5,7,10H,6H2,1-3H3. The number of allylic oxidation sites excluding steroid dienone is 4. The Morgan fingerprint density at radius 3 is 2.55 bits per heavy atom. The Morgan fingerprint density at radius 2 is 2.09 bits per heavy atom. The molecular weight excluding hydrogens is 247 g/mol. The second-order valence-corrected chi connectivity index (χ2v) is 4.98. The van der Waals surface area contributed by atoms with Crippen molar-refractivity contribution in [2.24, 2.45) is 5.92 Å². The van der Waals surface area contributed by atoms with E-state index in [2.05, 4.69) is 55.5 Å². The minimum absolute atomic E-state index is 0.719. The molecular formula is C10H15I. The van der Waals surface area contributed by atoms with E-state index < -0.39 is 0 Å². The smallest absolute Gasteiger partial charge is 0.0356 e. The summed E-state index contributed by atoms with van der Waals surface area (Å²) in [5.74, 6) is 0.719. The van der Waals surface area contributed by atoms with Gasteiger partial charge < -0.3 is 0 Å². The highest BCUT2D eigenvalue weighted by atomic mass is 127. The monoisotopic (exact) mass is 262 g/mol. The molecule has 0 aromatic rings. The lowest BCUT2D eigenvalue weighted by Gasteiger charge is -2.20. The van der Waals surface area contributed by atoms with Crippen molar-refractivity contribution in [3.63, 3.8) is 0 Å². The molecule has 0 nitrogen and oxygen atoms in total. The summed E-state index contributed by atoms with van der Waals surface area (Å²) in [7, 11) is 0. The number of halogens is 1. The van der Waals surface area contributed by atoms with Crippen molar-refractivity contribution in [2.75, 3.05) is 0 Å². The zero-order valence-corrected chi connectivity index (χ0v) is 9.55. The predicted octanol–water partition coefficient (Wildman–Crippen LogP) is 3.72. The van der Waals surface area contributed by atoms with Gasteiger partial charge in [0.25, 0.3) is 0 Å². The van der Waals surface area contributed by atoms with E-state index in [1.807, 2.05) is 0 Å². The van der Waals surface area contributed by atoms with E-state index in [4.69, 9.17) is 0 Å². The lowest BCUT2D eigenvalue weighted by Crippen LogP contribution is -2.08. The molecule has 0 radical (unpaired) electrons. The van der Waals surface area contributed by atoms with Crippen LogP contribution in [0.1, 0.15) is 27.2 Å². The first-order valence-electron chi connectivity index (χ1n) is 4.12. The van der Waals surface area contributed by atoms with Crippen LogP contribution in [0.5, 0.6) is 0 Å². The van der Waals surface area contributed by atoms with Gasteiger partial charge in [0.2, 0.25) is 0 Å². The van der Waals surface area contributed by atoms with Crippen molar-refractivity contribution in [1.29, 1.82) is 0 Å². The molecule has 0 heterocycles. The van der Waals surface area contributed by atoms with Crippen LogP contribution in [0.25, 0.3) is 0 Å². The second-order valence-electron chi connectivity index (χ2n) is 3.48. The van der Waals surface area contributed by atoms with E-state index in [1.54, 1.807) is 5.57 Å². The fourth-order valence-corrected chi connectivity index (χ4v) is 1.92. The Morgan fingerprint density at radius 1 is 1.45 bits per heavy atom. The molecule has 0 amide bonds. The van der Waals surface area contributed by atoms with Crippen LogP contribution in [0.3, 0.4) is 0 Å². The SMILES string of the molecule is CC1=CC=C(C(C)C)CC1I. The molecule has 1 aliphatic rings. The molecule has 0 saturated heterocycles. The van der Waals surface area contributed by atoms with Crippen molar-refractivity contribution in [1.82, 2.24) is 0 Å². The largest absolute Gasteiger partial charge is 0.0774 e. The molecule has 0 saturated carbocycles. The van der Waals surface area contributed by atoms with Crippen molar-refractivity contribution in [3.8, 4) is 0 Å². The lowest BCUT2D eigenvalue weighted by molar-refractivity contribution is 0.711. The highest BCUT2D eigenvalue weighted by Crippen LogP contribution is 2.28. The number of hydrogen-bond acceptors (Lipinski definition) is 0. The molecule has 1 atom stereocenters. The molecule has 0 aliphatic heterocycles. The summed E-state index contributed by atoms with van der Waals surface area (Å²) in [6, 6.07) is 0. The van der Waals surface area contributed by atoms with Crippen molar-refractivity contribution in [2.45, 2.75) is 31.1 Å². The van der Waals surface area contributed by atoms with E-state index in [0.29, 0.717) is 0 Å². The molecule has 1 aliphatic carbocycles. The zero-order valence-electron chi connectivity index (χ0n) is 7.39. The van der Waals surface area contributed by atoms with Gasteiger partial charge in [-0.05, 0) is 19.3 Å². The van der Waals surface area contributed by atoms with Gasteiger partial charge in [0, 0.05) is 3.92 Å². The van der Waals surface area contributed by atoms with Gasteiger partial charge in [0.1, 0.15) is 0 Å². The van der Waals surface area contributed by atoms with Crippen molar-refractivity contribution >= 4 is 22.6 Å². The maximum atomic E-state index is 2.52. The number of alkyl halides is 1. The first-order valence-corrected chi connectivity index (χ1v) is 5.37. The average molecular weight is 262 g/mol. The van der Waals surface area contributed by atoms with Crippen LogP contribution in [-0.4, -0.2) is 3.92 Å². The molecule has 0 aromatic carbocycles. The molecule has 1 rings (SSSR count). The summed E-state index contributed by atoms with van der Waals surface area (Å²) in [6.45, 7) is 6.75. The van der Waals surface area contributed by atoms with Gasteiger partial charge in [0.05, 0.1) is 0 Å². The third-order valence-corrected chi connectivity index (χ3v) is 3.63. The Kier molecular flexibility index (Phi) is 3.16. The maximum absolute atomic E-state index is 2.52. The van der Waals surface area contributed by atoms with E-state index in [-0.39, 0.29) is 0 Å². The van der Waals surface area contributed by atoms with Gasteiger partial charge in [-0.3, -0.25) is 0 Å². The molecule has 0 N–H and O–H groups in total. The van der Waals surface area contributed by atoms with E-state index in [1.165, 1.54) is 12.0 Å².